The van der Waals surface area contributed by atoms with Gasteiger partial charge in [0.15, 0.2) is 0 Å². The predicted octanol–water partition coefficient (Wildman–Crippen LogP) is 2.07. The monoisotopic (exact) mass is 344 g/mol. The maximum atomic E-state index is 11.1. The van der Waals surface area contributed by atoms with E-state index in [2.05, 4.69) is 15.9 Å². The van der Waals surface area contributed by atoms with Crippen LogP contribution < -0.4 is 10.5 Å². The Bertz CT molecular complexity index is 565. The lowest BCUT2D eigenvalue weighted by atomic mass is 10.00. The highest BCUT2D eigenvalue weighted by atomic mass is 79.9. The lowest BCUT2D eigenvalue weighted by Gasteiger charge is -2.19. The van der Waals surface area contributed by atoms with E-state index in [1.54, 1.807) is 6.07 Å². The summed E-state index contributed by atoms with van der Waals surface area (Å²) in [6.45, 7) is 0. The number of rotatable bonds is 4. The molecule has 2 rings (SSSR count). The second-order valence-corrected chi connectivity index (χ2v) is 5.58. The third-order valence-electron chi connectivity index (χ3n) is 3.36. The molecule has 1 aromatic rings. The zero-order valence-corrected chi connectivity index (χ0v) is 12.0. The largest absolute Gasteiger partial charge is 0.489 e. The molecule has 0 bridgehead atoms. The number of nitro benzene ring substituents is 1. The van der Waals surface area contributed by atoms with Gasteiger partial charge in [0, 0.05) is 12.5 Å². The van der Waals surface area contributed by atoms with Gasteiger partial charge in [-0.1, -0.05) is 6.07 Å². The summed E-state index contributed by atoms with van der Waals surface area (Å²) in [7, 11) is 0. The Morgan fingerprint density at radius 2 is 2.30 bits per heavy atom. The van der Waals surface area contributed by atoms with Gasteiger partial charge in [0.1, 0.15) is 21.9 Å². The van der Waals surface area contributed by atoms with Crippen molar-refractivity contribution in [3.8, 4) is 5.75 Å². The van der Waals surface area contributed by atoms with Crippen molar-refractivity contribution in [2.24, 2.45) is 5.73 Å². The van der Waals surface area contributed by atoms with E-state index in [1.165, 1.54) is 12.1 Å². The first kappa shape index (κ1) is 14.7. The van der Waals surface area contributed by atoms with Crippen LogP contribution in [0.2, 0.25) is 0 Å². The van der Waals surface area contributed by atoms with Crippen LogP contribution in [0, 0.1) is 10.1 Å². The molecule has 7 nitrogen and oxygen atoms in total. The summed E-state index contributed by atoms with van der Waals surface area (Å²) in [6.07, 6.45) is 0.629. The van der Waals surface area contributed by atoms with Gasteiger partial charge in [-0.15, -0.1) is 0 Å². The Morgan fingerprint density at radius 3 is 2.85 bits per heavy atom. The number of hydrogen-bond donors (Lipinski definition) is 2. The number of nitrogens with two attached hydrogens (primary N) is 1. The molecule has 108 valence electrons. The minimum atomic E-state index is -1.28. The molecule has 0 aromatic heterocycles. The van der Waals surface area contributed by atoms with E-state index in [0.717, 1.165) is 0 Å². The van der Waals surface area contributed by atoms with Crippen molar-refractivity contribution in [1.82, 2.24) is 0 Å². The zero-order valence-electron chi connectivity index (χ0n) is 10.4. The molecule has 20 heavy (non-hydrogen) atoms. The first-order chi connectivity index (χ1) is 9.33. The van der Waals surface area contributed by atoms with Gasteiger partial charge in [-0.3, -0.25) is 14.9 Å². The minimum Gasteiger partial charge on any atom is -0.489 e. The summed E-state index contributed by atoms with van der Waals surface area (Å²) in [5, 5.41) is 19.9. The third-order valence-corrected chi connectivity index (χ3v) is 4.16. The van der Waals surface area contributed by atoms with Crippen LogP contribution >= 0.6 is 15.9 Å². The fraction of sp³-hybridized carbons (Fsp3) is 0.417. The number of nitro groups is 1. The molecule has 8 heteroatoms. The van der Waals surface area contributed by atoms with Gasteiger partial charge in [-0.25, -0.2) is 0 Å². The molecular formula is C12H13BrN2O5. The smallest absolute Gasteiger partial charge is 0.323 e. The second-order valence-electron chi connectivity index (χ2n) is 4.79. The summed E-state index contributed by atoms with van der Waals surface area (Å²) in [5.41, 5.74) is 4.38. The fourth-order valence-electron chi connectivity index (χ4n) is 2.23. The molecule has 0 aliphatic heterocycles. The van der Waals surface area contributed by atoms with E-state index in [1.807, 2.05) is 0 Å². The molecule has 0 saturated heterocycles. The molecule has 2 unspecified atom stereocenters. The van der Waals surface area contributed by atoms with Gasteiger partial charge in [0.05, 0.1) is 4.92 Å². The van der Waals surface area contributed by atoms with Crippen molar-refractivity contribution < 1.29 is 19.6 Å². The van der Waals surface area contributed by atoms with Gasteiger partial charge >= 0.3 is 5.97 Å². The van der Waals surface area contributed by atoms with Crippen LogP contribution in [0.1, 0.15) is 19.3 Å². The van der Waals surface area contributed by atoms with Crippen molar-refractivity contribution >= 4 is 27.6 Å². The van der Waals surface area contributed by atoms with Crippen molar-refractivity contribution in [2.45, 2.75) is 30.9 Å². The van der Waals surface area contributed by atoms with Gasteiger partial charge in [0.2, 0.25) is 0 Å². The quantitative estimate of drug-likeness (QED) is 0.637. The zero-order chi connectivity index (χ0) is 14.9. The van der Waals surface area contributed by atoms with E-state index in [9.17, 15) is 14.9 Å². The number of aliphatic carboxylic acids is 1. The van der Waals surface area contributed by atoms with E-state index < -0.39 is 16.4 Å². The van der Waals surface area contributed by atoms with Gasteiger partial charge in [-0.2, -0.15) is 0 Å². The van der Waals surface area contributed by atoms with Gasteiger partial charge in [-0.05, 0) is 34.8 Å². The highest BCUT2D eigenvalue weighted by molar-refractivity contribution is 9.10. The summed E-state index contributed by atoms with van der Waals surface area (Å²) < 4.78 is 5.89. The van der Waals surface area contributed by atoms with Gasteiger partial charge < -0.3 is 15.6 Å². The standard InChI is InChI=1S/C12H13BrN2O5/c13-10-8(15(18)19)2-1-3-9(10)20-7-4-5-12(14,6-7)11(16)17/h1-3,7H,4-6,14H2,(H,16,17). The highest BCUT2D eigenvalue weighted by Crippen LogP contribution is 2.37. The van der Waals surface area contributed by atoms with Crippen LogP contribution in [-0.2, 0) is 4.79 Å². The van der Waals surface area contributed by atoms with Crippen molar-refractivity contribution in [3.63, 3.8) is 0 Å². The Morgan fingerprint density at radius 1 is 1.60 bits per heavy atom. The first-order valence-electron chi connectivity index (χ1n) is 5.95. The third kappa shape index (κ3) is 2.75. The molecule has 0 spiro atoms. The molecule has 1 saturated carbocycles. The van der Waals surface area contributed by atoms with Crippen LogP contribution in [0.5, 0.6) is 5.75 Å². The topological polar surface area (TPSA) is 116 Å². The normalized spacial score (nSPS) is 25.4. The number of carboxylic acid groups (broad SMARTS) is 1. The Labute approximate surface area is 123 Å². The molecular weight excluding hydrogens is 332 g/mol. The molecule has 0 radical (unpaired) electrons. The predicted molar refractivity (Wildman–Crippen MR) is 73.6 cm³/mol. The lowest BCUT2D eigenvalue weighted by Crippen LogP contribution is -2.46. The number of hydrogen-bond acceptors (Lipinski definition) is 5. The average Bonchev–Trinajstić information content (AvgIpc) is 2.75. The minimum absolute atomic E-state index is 0.0993. The molecule has 3 N–H and O–H groups in total. The number of nitrogens with zero attached hydrogens (tertiary/aromatic N) is 1. The van der Waals surface area contributed by atoms with Crippen LogP contribution in [0.25, 0.3) is 0 Å². The molecule has 1 aromatic carbocycles. The summed E-state index contributed by atoms with van der Waals surface area (Å²) in [4.78, 5) is 21.4. The van der Waals surface area contributed by atoms with Gasteiger partial charge in [0.25, 0.3) is 5.69 Å². The van der Waals surface area contributed by atoms with Crippen molar-refractivity contribution in [3.05, 3.63) is 32.8 Å². The van der Waals surface area contributed by atoms with E-state index in [4.69, 9.17) is 15.6 Å². The number of carbonyl (C=O) groups is 1. The number of halogens is 1. The van der Waals surface area contributed by atoms with Crippen LogP contribution in [0.3, 0.4) is 0 Å². The van der Waals surface area contributed by atoms with Crippen LogP contribution in [0.4, 0.5) is 5.69 Å². The number of carboxylic acids is 1. The first-order valence-corrected chi connectivity index (χ1v) is 6.74. The van der Waals surface area contributed by atoms with E-state index in [0.29, 0.717) is 18.6 Å². The Kier molecular flexibility index (Phi) is 3.96. The molecule has 1 fully saturated rings. The van der Waals surface area contributed by atoms with Crippen molar-refractivity contribution in [2.75, 3.05) is 0 Å². The lowest BCUT2D eigenvalue weighted by molar-refractivity contribution is -0.385. The number of ether oxygens (including phenoxy) is 1. The summed E-state index contributed by atoms with van der Waals surface area (Å²) in [6, 6.07) is 4.46. The van der Waals surface area contributed by atoms with Crippen molar-refractivity contribution in [1.29, 1.82) is 0 Å². The fourth-order valence-corrected chi connectivity index (χ4v) is 2.74. The molecule has 0 heterocycles. The maximum Gasteiger partial charge on any atom is 0.323 e. The van der Waals surface area contributed by atoms with Crippen LogP contribution in [-0.4, -0.2) is 27.6 Å². The number of benzene rings is 1. The Balaban J connectivity index is 2.15. The average molecular weight is 345 g/mol. The van der Waals surface area contributed by atoms with Crippen LogP contribution in [0.15, 0.2) is 22.7 Å². The molecule has 1 aliphatic rings. The SMILES string of the molecule is NC1(C(=O)O)CCC(Oc2cccc([N+](=O)[O-])c2Br)C1. The summed E-state index contributed by atoms with van der Waals surface area (Å²) >= 11 is 3.13. The Hall–Kier alpha value is -1.67. The highest BCUT2D eigenvalue weighted by Gasteiger charge is 2.43. The van der Waals surface area contributed by atoms with E-state index >= 15 is 0 Å². The molecule has 1 aliphatic carbocycles. The second kappa shape index (κ2) is 5.37. The maximum absolute atomic E-state index is 11.1. The molecule has 2 atom stereocenters. The molecule has 0 amide bonds. The van der Waals surface area contributed by atoms with E-state index in [-0.39, 0.29) is 22.7 Å². The summed E-state index contributed by atoms with van der Waals surface area (Å²) in [5.74, 6) is -0.736.